The zero-order valence-electron chi connectivity index (χ0n) is 24.1. The first-order valence-corrected chi connectivity index (χ1v) is 16.0. The Bertz CT molecular complexity index is 1110. The molecule has 0 unspecified atom stereocenters. The predicted octanol–water partition coefficient (Wildman–Crippen LogP) is 11.8. The van der Waals surface area contributed by atoms with E-state index in [0.717, 1.165) is 17.8 Å². The highest BCUT2D eigenvalue weighted by molar-refractivity contribution is 5.78. The second kappa shape index (κ2) is 13.4. The molecule has 3 aliphatic rings. The van der Waals surface area contributed by atoms with E-state index in [1.807, 2.05) is 0 Å². The Morgan fingerprint density at radius 2 is 0.625 bits per heavy atom. The van der Waals surface area contributed by atoms with E-state index in [4.69, 9.17) is 0 Å². The molecule has 0 aromatic heterocycles. The van der Waals surface area contributed by atoms with Crippen LogP contribution >= 0.6 is 0 Å². The SMILES string of the molecule is C(=C\C1CCCC1)/c1ccc(N(c2ccc(/C=C/C3CCCC3)cc2)c2ccc(/C=C/C3CCCC3)cc2)cc1. The quantitative estimate of drug-likeness (QED) is 0.267. The summed E-state index contributed by atoms with van der Waals surface area (Å²) in [6.07, 6.45) is 30.6. The topological polar surface area (TPSA) is 3.24 Å². The lowest BCUT2D eigenvalue weighted by Gasteiger charge is -2.26. The number of hydrogen-bond donors (Lipinski definition) is 0. The average molecular weight is 528 g/mol. The van der Waals surface area contributed by atoms with E-state index in [1.165, 1.54) is 111 Å². The minimum atomic E-state index is 0.763. The van der Waals surface area contributed by atoms with Gasteiger partial charge in [0.05, 0.1) is 0 Å². The van der Waals surface area contributed by atoms with Crippen molar-refractivity contribution in [3.05, 3.63) is 108 Å². The molecule has 1 heteroatoms. The Kier molecular flexibility index (Phi) is 8.98. The smallest absolute Gasteiger partial charge is 0.0462 e. The van der Waals surface area contributed by atoms with Crippen molar-refractivity contribution in [2.45, 2.75) is 77.0 Å². The molecule has 6 rings (SSSR count). The van der Waals surface area contributed by atoms with Crippen molar-refractivity contribution in [2.24, 2.45) is 17.8 Å². The summed E-state index contributed by atoms with van der Waals surface area (Å²) in [6.45, 7) is 0. The first-order chi connectivity index (χ1) is 19.8. The Labute approximate surface area is 242 Å². The highest BCUT2D eigenvalue weighted by Gasteiger charge is 2.15. The van der Waals surface area contributed by atoms with E-state index in [1.54, 1.807) is 0 Å². The van der Waals surface area contributed by atoms with Crippen molar-refractivity contribution >= 4 is 35.3 Å². The maximum Gasteiger partial charge on any atom is 0.0462 e. The van der Waals surface area contributed by atoms with Crippen LogP contribution in [0.5, 0.6) is 0 Å². The van der Waals surface area contributed by atoms with Crippen LogP contribution in [0.1, 0.15) is 93.7 Å². The van der Waals surface area contributed by atoms with Gasteiger partial charge in [-0.2, -0.15) is 0 Å². The normalized spacial score (nSPS) is 19.2. The summed E-state index contributed by atoms with van der Waals surface area (Å²) in [5, 5.41) is 0. The zero-order chi connectivity index (χ0) is 27.0. The van der Waals surface area contributed by atoms with Crippen molar-refractivity contribution in [2.75, 3.05) is 4.90 Å². The molecular formula is C39H45N. The third-order valence-corrected chi connectivity index (χ3v) is 9.34. The number of benzene rings is 3. The van der Waals surface area contributed by atoms with Gasteiger partial charge in [-0.15, -0.1) is 0 Å². The number of allylic oxidation sites excluding steroid dienone is 3. The third-order valence-electron chi connectivity index (χ3n) is 9.34. The molecule has 0 aliphatic heterocycles. The molecule has 0 N–H and O–H groups in total. The fourth-order valence-electron chi connectivity index (χ4n) is 6.84. The third kappa shape index (κ3) is 7.05. The van der Waals surface area contributed by atoms with E-state index in [9.17, 15) is 0 Å². The van der Waals surface area contributed by atoms with Gasteiger partial charge >= 0.3 is 0 Å². The van der Waals surface area contributed by atoms with Crippen LogP contribution in [0.15, 0.2) is 91.0 Å². The molecule has 0 atom stereocenters. The number of hydrogen-bond acceptors (Lipinski definition) is 1. The van der Waals surface area contributed by atoms with Crippen LogP contribution in [-0.2, 0) is 0 Å². The standard InChI is InChI=1S/C39H45N/c1-2-8-31(7-1)13-16-34-19-25-37(26-20-34)40(38-27-21-35(22-28-38)17-14-32-9-3-4-10-32)39-29-23-36(24-30-39)18-15-33-11-5-6-12-33/h13-33H,1-12H2/b16-13+,17-14+,18-15+. The summed E-state index contributed by atoms with van der Waals surface area (Å²) in [5.74, 6) is 2.29. The predicted molar refractivity (Wildman–Crippen MR) is 174 cm³/mol. The Balaban J connectivity index is 1.24. The first-order valence-electron chi connectivity index (χ1n) is 16.0. The molecule has 0 saturated heterocycles. The summed E-state index contributed by atoms with van der Waals surface area (Å²) >= 11 is 0. The van der Waals surface area contributed by atoms with Crippen LogP contribution in [0.2, 0.25) is 0 Å². The van der Waals surface area contributed by atoms with Crippen molar-refractivity contribution < 1.29 is 0 Å². The molecule has 0 spiro atoms. The highest BCUT2D eigenvalue weighted by atomic mass is 15.1. The molecule has 0 heterocycles. The summed E-state index contributed by atoms with van der Waals surface area (Å²) in [4.78, 5) is 2.39. The van der Waals surface area contributed by atoms with Gasteiger partial charge in [-0.3, -0.25) is 0 Å². The second-order valence-electron chi connectivity index (χ2n) is 12.3. The monoisotopic (exact) mass is 527 g/mol. The first kappa shape index (κ1) is 26.9. The van der Waals surface area contributed by atoms with Crippen molar-refractivity contribution in [1.82, 2.24) is 0 Å². The molecule has 0 radical (unpaired) electrons. The molecule has 0 bridgehead atoms. The van der Waals surface area contributed by atoms with Gasteiger partial charge in [0.2, 0.25) is 0 Å². The van der Waals surface area contributed by atoms with E-state index >= 15 is 0 Å². The number of anilines is 3. The van der Waals surface area contributed by atoms with Crippen LogP contribution in [0.25, 0.3) is 18.2 Å². The average Bonchev–Trinajstić information content (AvgIpc) is 3.81. The lowest BCUT2D eigenvalue weighted by atomic mass is 10.0. The van der Waals surface area contributed by atoms with E-state index in [0.29, 0.717) is 0 Å². The zero-order valence-corrected chi connectivity index (χ0v) is 24.1. The maximum absolute atomic E-state index is 2.43. The largest absolute Gasteiger partial charge is 0.311 e. The number of rotatable bonds is 9. The van der Waals surface area contributed by atoms with Gasteiger partial charge in [0.25, 0.3) is 0 Å². The maximum atomic E-state index is 2.43. The van der Waals surface area contributed by atoms with Gasteiger partial charge < -0.3 is 4.90 Å². The molecule has 3 aliphatic carbocycles. The van der Waals surface area contributed by atoms with Crippen LogP contribution in [0.4, 0.5) is 17.1 Å². The molecular weight excluding hydrogens is 482 g/mol. The highest BCUT2D eigenvalue weighted by Crippen LogP contribution is 2.36. The van der Waals surface area contributed by atoms with Gasteiger partial charge in [0.1, 0.15) is 0 Å². The van der Waals surface area contributed by atoms with E-state index in [-0.39, 0.29) is 0 Å². The Morgan fingerprint density at radius 1 is 0.375 bits per heavy atom. The van der Waals surface area contributed by atoms with Gasteiger partial charge in [-0.25, -0.2) is 0 Å². The lowest BCUT2D eigenvalue weighted by Crippen LogP contribution is -2.09. The van der Waals surface area contributed by atoms with Crippen LogP contribution in [-0.4, -0.2) is 0 Å². The Morgan fingerprint density at radius 3 is 0.875 bits per heavy atom. The fraction of sp³-hybridized carbons (Fsp3) is 0.385. The molecule has 3 saturated carbocycles. The Hall–Kier alpha value is -3.32. The van der Waals surface area contributed by atoms with Gasteiger partial charge in [-0.05, 0) is 109 Å². The van der Waals surface area contributed by atoms with Crippen molar-refractivity contribution in [3.63, 3.8) is 0 Å². The minimum Gasteiger partial charge on any atom is -0.311 e. The molecule has 206 valence electrons. The van der Waals surface area contributed by atoms with Gasteiger partial charge in [0.15, 0.2) is 0 Å². The van der Waals surface area contributed by atoms with Crippen molar-refractivity contribution in [1.29, 1.82) is 0 Å². The summed E-state index contributed by atoms with van der Waals surface area (Å²) in [7, 11) is 0. The van der Waals surface area contributed by atoms with Crippen molar-refractivity contribution in [3.8, 4) is 0 Å². The van der Waals surface area contributed by atoms with Crippen LogP contribution in [0.3, 0.4) is 0 Å². The fourth-order valence-corrected chi connectivity index (χ4v) is 6.84. The summed E-state index contributed by atoms with van der Waals surface area (Å²) in [5.41, 5.74) is 7.45. The molecule has 0 amide bonds. The molecule has 3 aromatic rings. The van der Waals surface area contributed by atoms with Crippen LogP contribution in [0, 0.1) is 17.8 Å². The minimum absolute atomic E-state index is 0.763. The molecule has 40 heavy (non-hydrogen) atoms. The van der Waals surface area contributed by atoms with E-state index < -0.39 is 0 Å². The molecule has 3 fully saturated rings. The number of nitrogens with zero attached hydrogens (tertiary/aromatic N) is 1. The second-order valence-corrected chi connectivity index (χ2v) is 12.3. The van der Waals surface area contributed by atoms with Gasteiger partial charge in [-0.1, -0.05) is 111 Å². The molecule has 1 nitrogen and oxygen atoms in total. The van der Waals surface area contributed by atoms with E-state index in [2.05, 4.69) is 114 Å². The molecule has 3 aromatic carbocycles. The summed E-state index contributed by atoms with van der Waals surface area (Å²) < 4.78 is 0. The van der Waals surface area contributed by atoms with Gasteiger partial charge in [0, 0.05) is 17.1 Å². The lowest BCUT2D eigenvalue weighted by molar-refractivity contribution is 0.689. The van der Waals surface area contributed by atoms with Crippen LogP contribution < -0.4 is 4.90 Å². The summed E-state index contributed by atoms with van der Waals surface area (Å²) in [6, 6.07) is 27.3.